The summed E-state index contributed by atoms with van der Waals surface area (Å²) in [5, 5.41) is 0.898. The zero-order valence-electron chi connectivity index (χ0n) is 14.0. The van der Waals surface area contributed by atoms with Gasteiger partial charge in [-0.1, -0.05) is 99.9 Å². The van der Waals surface area contributed by atoms with Crippen LogP contribution in [0.1, 0.15) is 36.1 Å². The summed E-state index contributed by atoms with van der Waals surface area (Å²) >= 11 is 3.48. The van der Waals surface area contributed by atoms with Crippen LogP contribution in [0.2, 0.25) is 0 Å². The van der Waals surface area contributed by atoms with E-state index in [1.165, 1.54) is 33.4 Å². The Labute approximate surface area is 148 Å². The molecule has 0 aliphatic heterocycles. The molecular formula is C22H23Br. The lowest BCUT2D eigenvalue weighted by molar-refractivity contribution is 1.35. The van der Waals surface area contributed by atoms with Crippen molar-refractivity contribution >= 4 is 28.1 Å². The van der Waals surface area contributed by atoms with E-state index in [1.807, 2.05) is 0 Å². The molecular weight excluding hydrogens is 344 g/mol. The van der Waals surface area contributed by atoms with Crippen molar-refractivity contribution in [1.29, 1.82) is 0 Å². The fourth-order valence-corrected chi connectivity index (χ4v) is 2.53. The Morgan fingerprint density at radius 1 is 0.826 bits per heavy atom. The van der Waals surface area contributed by atoms with Crippen molar-refractivity contribution in [1.82, 2.24) is 0 Å². The fourth-order valence-electron chi connectivity index (χ4n) is 2.16. The summed E-state index contributed by atoms with van der Waals surface area (Å²) < 4.78 is 0. The number of hydrogen-bond acceptors (Lipinski definition) is 0. The van der Waals surface area contributed by atoms with Crippen LogP contribution in [0, 0.1) is 6.92 Å². The molecule has 0 fully saturated rings. The predicted molar refractivity (Wildman–Crippen MR) is 107 cm³/mol. The van der Waals surface area contributed by atoms with E-state index in [0.717, 1.165) is 5.33 Å². The van der Waals surface area contributed by atoms with Gasteiger partial charge in [-0.05, 0) is 43.0 Å². The second-order valence-electron chi connectivity index (χ2n) is 5.91. The van der Waals surface area contributed by atoms with E-state index in [4.69, 9.17) is 0 Å². The fraction of sp³-hybridized carbons (Fsp3) is 0.182. The number of aryl methyl sites for hydroxylation is 1. The molecule has 0 amide bonds. The van der Waals surface area contributed by atoms with Gasteiger partial charge in [-0.3, -0.25) is 0 Å². The molecule has 0 saturated carbocycles. The van der Waals surface area contributed by atoms with Crippen molar-refractivity contribution in [3.63, 3.8) is 0 Å². The quantitative estimate of drug-likeness (QED) is 0.396. The third-order valence-corrected chi connectivity index (χ3v) is 4.35. The summed E-state index contributed by atoms with van der Waals surface area (Å²) in [6.07, 6.45) is 8.70. The first kappa shape index (κ1) is 17.5. The molecule has 23 heavy (non-hydrogen) atoms. The highest BCUT2D eigenvalue weighted by atomic mass is 79.9. The Morgan fingerprint density at radius 3 is 1.74 bits per heavy atom. The van der Waals surface area contributed by atoms with Gasteiger partial charge in [0.15, 0.2) is 0 Å². The van der Waals surface area contributed by atoms with Crippen LogP contribution in [-0.4, -0.2) is 0 Å². The molecule has 0 atom stereocenters. The molecule has 0 aliphatic carbocycles. The van der Waals surface area contributed by atoms with Crippen LogP contribution in [0.4, 0.5) is 0 Å². The third-order valence-electron chi connectivity index (χ3n) is 3.70. The van der Waals surface area contributed by atoms with Gasteiger partial charge in [-0.25, -0.2) is 0 Å². The average molecular weight is 367 g/mol. The van der Waals surface area contributed by atoms with E-state index in [1.54, 1.807) is 0 Å². The van der Waals surface area contributed by atoms with Crippen molar-refractivity contribution in [2.45, 2.75) is 26.1 Å². The van der Waals surface area contributed by atoms with Gasteiger partial charge in [0.1, 0.15) is 0 Å². The van der Waals surface area contributed by atoms with Gasteiger partial charge in [0.2, 0.25) is 0 Å². The van der Waals surface area contributed by atoms with Crippen LogP contribution in [0.15, 0.2) is 71.8 Å². The van der Waals surface area contributed by atoms with Gasteiger partial charge in [0.05, 0.1) is 0 Å². The highest BCUT2D eigenvalue weighted by Gasteiger charge is 1.94. The van der Waals surface area contributed by atoms with Crippen molar-refractivity contribution in [2.75, 3.05) is 0 Å². The monoisotopic (exact) mass is 366 g/mol. The number of alkyl halides is 1. The Balaban J connectivity index is 2.14. The van der Waals surface area contributed by atoms with Crippen molar-refractivity contribution in [3.05, 3.63) is 94.1 Å². The zero-order chi connectivity index (χ0) is 16.7. The van der Waals surface area contributed by atoms with Crippen molar-refractivity contribution in [2.24, 2.45) is 0 Å². The lowest BCUT2D eigenvalue weighted by Crippen LogP contribution is -1.80. The normalized spacial score (nSPS) is 11.3. The predicted octanol–water partition coefficient (Wildman–Crippen LogP) is 6.95. The average Bonchev–Trinajstić information content (AvgIpc) is 2.56. The maximum Gasteiger partial charge on any atom is 0.0283 e. The van der Waals surface area contributed by atoms with Crippen LogP contribution in [0.25, 0.3) is 12.2 Å². The first-order valence-electron chi connectivity index (χ1n) is 7.83. The molecule has 0 heterocycles. The molecule has 0 bridgehead atoms. The van der Waals surface area contributed by atoms with Gasteiger partial charge in [0, 0.05) is 5.33 Å². The molecule has 0 aliphatic rings. The maximum atomic E-state index is 3.48. The van der Waals surface area contributed by atoms with Gasteiger partial charge >= 0.3 is 0 Å². The molecule has 0 spiro atoms. The molecule has 2 aromatic rings. The molecule has 0 radical (unpaired) electrons. The summed E-state index contributed by atoms with van der Waals surface area (Å²) in [5.41, 5.74) is 7.58. The van der Waals surface area contributed by atoms with Crippen molar-refractivity contribution in [3.8, 4) is 0 Å². The van der Waals surface area contributed by atoms with Crippen LogP contribution in [0.5, 0.6) is 0 Å². The minimum absolute atomic E-state index is 0.898. The first-order valence-corrected chi connectivity index (χ1v) is 8.96. The Morgan fingerprint density at radius 2 is 1.30 bits per heavy atom. The lowest BCUT2D eigenvalue weighted by atomic mass is 10.1. The summed E-state index contributed by atoms with van der Waals surface area (Å²) in [5.74, 6) is 0. The zero-order valence-corrected chi connectivity index (χ0v) is 15.6. The Kier molecular flexibility index (Phi) is 6.61. The van der Waals surface area contributed by atoms with E-state index in [2.05, 4.69) is 110 Å². The van der Waals surface area contributed by atoms with Gasteiger partial charge in [-0.15, -0.1) is 0 Å². The molecule has 0 aromatic heterocycles. The number of rotatable bonds is 5. The Hall–Kier alpha value is -1.86. The molecule has 1 heteroatoms. The second kappa shape index (κ2) is 8.69. The third kappa shape index (κ3) is 5.69. The molecule has 0 N–H and O–H groups in total. The molecule has 0 nitrogen and oxygen atoms in total. The maximum absolute atomic E-state index is 3.48. The minimum Gasteiger partial charge on any atom is -0.0876 e. The van der Waals surface area contributed by atoms with E-state index >= 15 is 0 Å². The van der Waals surface area contributed by atoms with E-state index < -0.39 is 0 Å². The molecule has 0 unspecified atom stereocenters. The highest BCUT2D eigenvalue weighted by molar-refractivity contribution is 9.08. The topological polar surface area (TPSA) is 0 Å². The molecule has 0 saturated heterocycles. The second-order valence-corrected chi connectivity index (χ2v) is 6.47. The molecule has 2 rings (SSSR count). The van der Waals surface area contributed by atoms with E-state index in [0.29, 0.717) is 0 Å². The largest absolute Gasteiger partial charge is 0.0876 e. The summed E-state index contributed by atoms with van der Waals surface area (Å²) in [7, 11) is 0. The molecule has 118 valence electrons. The Bertz CT molecular complexity index is 710. The lowest BCUT2D eigenvalue weighted by Gasteiger charge is -2.01. The summed E-state index contributed by atoms with van der Waals surface area (Å²) in [6, 6.07) is 17.2. The number of halogens is 1. The van der Waals surface area contributed by atoms with Crippen LogP contribution in [0.3, 0.4) is 0 Å². The van der Waals surface area contributed by atoms with Crippen LogP contribution < -0.4 is 0 Å². The van der Waals surface area contributed by atoms with Gasteiger partial charge < -0.3 is 0 Å². The van der Waals surface area contributed by atoms with Gasteiger partial charge in [-0.2, -0.15) is 0 Å². The number of benzene rings is 2. The van der Waals surface area contributed by atoms with E-state index in [-0.39, 0.29) is 0 Å². The van der Waals surface area contributed by atoms with Crippen molar-refractivity contribution < 1.29 is 0 Å². The standard InChI is InChI=1S/C22H23Br/c1-17(2)22(14-12-19-6-4-18(3)5-7-19)15-13-20-8-10-21(16-23)11-9-20/h4-15H,16H2,1-3H3. The first-order chi connectivity index (χ1) is 11.1. The minimum atomic E-state index is 0.898. The highest BCUT2D eigenvalue weighted by Crippen LogP contribution is 2.15. The van der Waals surface area contributed by atoms with Gasteiger partial charge in [0.25, 0.3) is 0 Å². The van der Waals surface area contributed by atoms with Crippen LogP contribution in [-0.2, 0) is 5.33 Å². The smallest absolute Gasteiger partial charge is 0.0283 e. The van der Waals surface area contributed by atoms with E-state index in [9.17, 15) is 0 Å². The number of allylic oxidation sites excluding steroid dienone is 4. The SMILES string of the molecule is CC(C)=C(C=Cc1ccc(C)cc1)C=Cc1ccc(CBr)cc1. The number of hydrogen-bond donors (Lipinski definition) is 0. The molecule has 2 aromatic carbocycles. The van der Waals surface area contributed by atoms with Crippen LogP contribution >= 0.6 is 15.9 Å². The summed E-state index contributed by atoms with van der Waals surface area (Å²) in [4.78, 5) is 0. The summed E-state index contributed by atoms with van der Waals surface area (Å²) in [6.45, 7) is 6.40.